The first-order valence-electron chi connectivity index (χ1n) is 9.60. The van der Waals surface area contributed by atoms with Gasteiger partial charge in [0.05, 0.1) is 0 Å². The van der Waals surface area contributed by atoms with Crippen molar-refractivity contribution in [2.75, 3.05) is 12.4 Å². The van der Waals surface area contributed by atoms with Gasteiger partial charge in [0.2, 0.25) is 11.8 Å². The van der Waals surface area contributed by atoms with Crippen LogP contribution in [0.4, 0.5) is 5.69 Å². The van der Waals surface area contributed by atoms with Gasteiger partial charge >= 0.3 is 0 Å². The highest BCUT2D eigenvalue weighted by Gasteiger charge is 2.10. The SMILES string of the molecule is CCC(C)C(=O)Nc1cccc(CNC(=O)/C=C/c2ccc(C(=O)NC)cc2)c1. The van der Waals surface area contributed by atoms with E-state index in [-0.39, 0.29) is 23.6 Å². The predicted molar refractivity (Wildman–Crippen MR) is 115 cm³/mol. The second-order valence-corrected chi connectivity index (χ2v) is 6.75. The lowest BCUT2D eigenvalue weighted by Crippen LogP contribution is -2.21. The van der Waals surface area contributed by atoms with Crippen LogP contribution >= 0.6 is 0 Å². The molecule has 6 nitrogen and oxygen atoms in total. The largest absolute Gasteiger partial charge is 0.355 e. The van der Waals surface area contributed by atoms with E-state index in [1.807, 2.05) is 38.1 Å². The van der Waals surface area contributed by atoms with Gasteiger partial charge in [0.15, 0.2) is 0 Å². The minimum atomic E-state index is -0.227. The Morgan fingerprint density at radius 2 is 1.79 bits per heavy atom. The normalized spacial score (nSPS) is 11.7. The van der Waals surface area contributed by atoms with Crippen molar-refractivity contribution in [1.29, 1.82) is 0 Å². The highest BCUT2D eigenvalue weighted by Crippen LogP contribution is 2.13. The van der Waals surface area contributed by atoms with Crippen molar-refractivity contribution in [2.24, 2.45) is 5.92 Å². The summed E-state index contributed by atoms with van der Waals surface area (Å²) < 4.78 is 0. The minimum Gasteiger partial charge on any atom is -0.355 e. The van der Waals surface area contributed by atoms with Crippen LogP contribution in [0.5, 0.6) is 0 Å². The van der Waals surface area contributed by atoms with Crippen molar-refractivity contribution < 1.29 is 14.4 Å². The molecule has 0 aliphatic rings. The topological polar surface area (TPSA) is 87.3 Å². The summed E-state index contributed by atoms with van der Waals surface area (Å²) in [7, 11) is 1.58. The maximum absolute atomic E-state index is 12.1. The average Bonchev–Trinajstić information content (AvgIpc) is 2.75. The lowest BCUT2D eigenvalue weighted by atomic mass is 10.1. The average molecular weight is 393 g/mol. The molecule has 0 fully saturated rings. The Balaban J connectivity index is 1.89. The first kappa shape index (κ1) is 21.9. The van der Waals surface area contributed by atoms with Crippen LogP contribution in [0.15, 0.2) is 54.6 Å². The summed E-state index contributed by atoms with van der Waals surface area (Å²) in [4.78, 5) is 35.6. The minimum absolute atomic E-state index is 0.0148. The molecule has 2 rings (SSSR count). The molecule has 29 heavy (non-hydrogen) atoms. The molecule has 0 saturated carbocycles. The van der Waals surface area contributed by atoms with E-state index in [0.29, 0.717) is 17.8 Å². The zero-order chi connectivity index (χ0) is 21.2. The zero-order valence-corrected chi connectivity index (χ0v) is 17.0. The van der Waals surface area contributed by atoms with Gasteiger partial charge in [-0.25, -0.2) is 0 Å². The standard InChI is InChI=1S/C23H27N3O3/c1-4-16(2)22(28)26-20-7-5-6-18(14-20)15-25-21(27)13-10-17-8-11-19(12-9-17)23(29)24-3/h5-14,16H,4,15H2,1-3H3,(H,24,29)(H,25,27)(H,26,28)/b13-10+. The molecule has 0 saturated heterocycles. The molecule has 0 bridgehead atoms. The van der Waals surface area contributed by atoms with Crippen molar-refractivity contribution >= 4 is 29.5 Å². The van der Waals surface area contributed by atoms with Gasteiger partial charge in [-0.1, -0.05) is 38.1 Å². The molecule has 0 spiro atoms. The summed E-state index contributed by atoms with van der Waals surface area (Å²) in [5.74, 6) is -0.441. The fourth-order valence-corrected chi connectivity index (χ4v) is 2.52. The maximum atomic E-state index is 12.1. The van der Waals surface area contributed by atoms with E-state index in [9.17, 15) is 14.4 Å². The van der Waals surface area contributed by atoms with Crippen molar-refractivity contribution in [2.45, 2.75) is 26.8 Å². The molecule has 3 amide bonds. The Morgan fingerprint density at radius 1 is 1.07 bits per heavy atom. The van der Waals surface area contributed by atoms with Crippen LogP contribution in [0, 0.1) is 5.92 Å². The molecule has 2 aromatic carbocycles. The predicted octanol–water partition coefficient (Wildman–Crippen LogP) is 3.36. The number of carbonyl (C=O) groups is 3. The summed E-state index contributed by atoms with van der Waals surface area (Å²) in [5.41, 5.74) is 2.99. The van der Waals surface area contributed by atoms with Gasteiger partial charge in [-0.3, -0.25) is 14.4 Å². The number of benzene rings is 2. The summed E-state index contributed by atoms with van der Waals surface area (Å²) in [6.07, 6.45) is 3.91. The second kappa shape index (κ2) is 10.8. The Hall–Kier alpha value is -3.41. The third-order valence-corrected chi connectivity index (χ3v) is 4.55. The highest BCUT2D eigenvalue weighted by molar-refractivity contribution is 5.95. The smallest absolute Gasteiger partial charge is 0.251 e. The van der Waals surface area contributed by atoms with Gasteiger partial charge in [0, 0.05) is 36.8 Å². The first-order valence-corrected chi connectivity index (χ1v) is 9.60. The maximum Gasteiger partial charge on any atom is 0.251 e. The molecule has 1 unspecified atom stereocenters. The molecule has 0 radical (unpaired) electrons. The third kappa shape index (κ3) is 6.92. The molecule has 0 aliphatic carbocycles. The number of carbonyl (C=O) groups excluding carboxylic acids is 3. The first-order chi connectivity index (χ1) is 13.9. The summed E-state index contributed by atoms with van der Waals surface area (Å²) >= 11 is 0. The Bertz CT molecular complexity index is 888. The van der Waals surface area contributed by atoms with Gasteiger partial charge in [0.25, 0.3) is 5.91 Å². The van der Waals surface area contributed by atoms with Crippen molar-refractivity contribution in [3.63, 3.8) is 0 Å². The van der Waals surface area contributed by atoms with Crippen LogP contribution in [0.1, 0.15) is 41.8 Å². The van der Waals surface area contributed by atoms with Crippen molar-refractivity contribution in [1.82, 2.24) is 10.6 Å². The number of amides is 3. The molecule has 2 aromatic rings. The van der Waals surface area contributed by atoms with Gasteiger partial charge < -0.3 is 16.0 Å². The van der Waals surface area contributed by atoms with E-state index in [1.54, 1.807) is 37.4 Å². The fraction of sp³-hybridized carbons (Fsp3) is 0.261. The van der Waals surface area contributed by atoms with Gasteiger partial charge in [0.1, 0.15) is 0 Å². The molecule has 1 atom stereocenters. The van der Waals surface area contributed by atoms with Crippen LogP contribution < -0.4 is 16.0 Å². The van der Waals surface area contributed by atoms with E-state index >= 15 is 0 Å². The zero-order valence-electron chi connectivity index (χ0n) is 17.0. The van der Waals surface area contributed by atoms with Crippen molar-refractivity contribution in [3.05, 3.63) is 71.3 Å². The van der Waals surface area contributed by atoms with Crippen LogP contribution in [-0.2, 0) is 16.1 Å². The molecule has 3 N–H and O–H groups in total. The Labute approximate surface area is 171 Å². The van der Waals surface area contributed by atoms with Crippen LogP contribution in [0.3, 0.4) is 0 Å². The Morgan fingerprint density at radius 3 is 2.45 bits per heavy atom. The lowest BCUT2D eigenvalue weighted by Gasteiger charge is -2.11. The molecule has 0 heterocycles. The summed E-state index contributed by atoms with van der Waals surface area (Å²) in [6.45, 7) is 4.21. The third-order valence-electron chi connectivity index (χ3n) is 4.55. The van der Waals surface area contributed by atoms with E-state index < -0.39 is 0 Å². The number of hydrogen-bond donors (Lipinski definition) is 3. The second-order valence-electron chi connectivity index (χ2n) is 6.75. The number of rotatable bonds is 8. The Kier molecular flexibility index (Phi) is 8.15. The molecule has 0 aliphatic heterocycles. The molecular weight excluding hydrogens is 366 g/mol. The number of hydrogen-bond acceptors (Lipinski definition) is 3. The van der Waals surface area contributed by atoms with Gasteiger partial charge in [-0.2, -0.15) is 0 Å². The highest BCUT2D eigenvalue weighted by atomic mass is 16.2. The number of nitrogens with one attached hydrogen (secondary N) is 3. The van der Waals surface area contributed by atoms with Gasteiger partial charge in [-0.15, -0.1) is 0 Å². The van der Waals surface area contributed by atoms with E-state index in [0.717, 1.165) is 17.5 Å². The summed E-state index contributed by atoms with van der Waals surface area (Å²) in [5, 5.41) is 8.27. The molecule has 0 aromatic heterocycles. The van der Waals surface area contributed by atoms with Crippen LogP contribution in [0.2, 0.25) is 0 Å². The fourth-order valence-electron chi connectivity index (χ4n) is 2.52. The molecule has 152 valence electrons. The lowest BCUT2D eigenvalue weighted by molar-refractivity contribution is -0.119. The molecular formula is C23H27N3O3. The van der Waals surface area contributed by atoms with Gasteiger partial charge in [-0.05, 0) is 47.9 Å². The van der Waals surface area contributed by atoms with E-state index in [1.165, 1.54) is 6.08 Å². The van der Waals surface area contributed by atoms with E-state index in [4.69, 9.17) is 0 Å². The van der Waals surface area contributed by atoms with Crippen LogP contribution in [0.25, 0.3) is 6.08 Å². The quantitative estimate of drug-likeness (QED) is 0.601. The van der Waals surface area contributed by atoms with Crippen molar-refractivity contribution in [3.8, 4) is 0 Å². The monoisotopic (exact) mass is 393 g/mol. The molecule has 6 heteroatoms. The van der Waals surface area contributed by atoms with E-state index in [2.05, 4.69) is 16.0 Å². The van der Waals surface area contributed by atoms with Crippen LogP contribution in [-0.4, -0.2) is 24.8 Å². The summed E-state index contributed by atoms with van der Waals surface area (Å²) in [6, 6.07) is 14.4. The number of anilines is 1.